The smallest absolute Gasteiger partial charge is 0.305 e. The average Bonchev–Trinajstić information content (AvgIpc) is 2.29. The molecule has 1 aliphatic rings. The lowest BCUT2D eigenvalue weighted by atomic mass is 9.95. The SMILES string of the molecule is CC(C)C(C)C(=O)N1CCNC(=O)C1CC(=O)O. The van der Waals surface area contributed by atoms with Gasteiger partial charge in [-0.2, -0.15) is 0 Å². The van der Waals surface area contributed by atoms with Crippen molar-refractivity contribution in [1.29, 1.82) is 0 Å². The Hall–Kier alpha value is -1.59. The van der Waals surface area contributed by atoms with E-state index in [0.29, 0.717) is 13.1 Å². The van der Waals surface area contributed by atoms with Crippen molar-refractivity contribution in [2.24, 2.45) is 11.8 Å². The fourth-order valence-electron chi connectivity index (χ4n) is 1.89. The van der Waals surface area contributed by atoms with E-state index in [-0.39, 0.29) is 30.1 Å². The summed E-state index contributed by atoms with van der Waals surface area (Å²) in [6.45, 7) is 6.42. The second kappa shape index (κ2) is 5.84. The maximum atomic E-state index is 12.2. The maximum absolute atomic E-state index is 12.2. The maximum Gasteiger partial charge on any atom is 0.305 e. The second-order valence-electron chi connectivity index (χ2n) is 4.97. The van der Waals surface area contributed by atoms with E-state index in [1.807, 2.05) is 13.8 Å². The molecule has 102 valence electrons. The van der Waals surface area contributed by atoms with Crippen molar-refractivity contribution in [2.45, 2.75) is 33.2 Å². The minimum absolute atomic E-state index is 0.147. The molecule has 1 saturated heterocycles. The Bertz CT molecular complexity index is 354. The third-order valence-electron chi connectivity index (χ3n) is 3.37. The average molecular weight is 256 g/mol. The van der Waals surface area contributed by atoms with Gasteiger partial charge in [-0.05, 0) is 5.92 Å². The molecule has 0 spiro atoms. The zero-order chi connectivity index (χ0) is 13.9. The van der Waals surface area contributed by atoms with Gasteiger partial charge >= 0.3 is 5.97 Å². The molecule has 2 atom stereocenters. The first-order valence-electron chi connectivity index (χ1n) is 6.14. The number of aliphatic carboxylic acids is 1. The lowest BCUT2D eigenvalue weighted by molar-refractivity contribution is -0.151. The van der Waals surface area contributed by atoms with Crippen molar-refractivity contribution in [3.05, 3.63) is 0 Å². The Balaban J connectivity index is 2.85. The quantitative estimate of drug-likeness (QED) is 0.745. The van der Waals surface area contributed by atoms with Gasteiger partial charge < -0.3 is 15.3 Å². The van der Waals surface area contributed by atoms with E-state index in [2.05, 4.69) is 5.32 Å². The monoisotopic (exact) mass is 256 g/mol. The van der Waals surface area contributed by atoms with Crippen LogP contribution >= 0.6 is 0 Å². The van der Waals surface area contributed by atoms with E-state index in [4.69, 9.17) is 5.11 Å². The normalized spacial score (nSPS) is 21.7. The van der Waals surface area contributed by atoms with Gasteiger partial charge in [0.05, 0.1) is 6.42 Å². The van der Waals surface area contributed by atoms with Gasteiger partial charge in [0.2, 0.25) is 11.8 Å². The Labute approximate surface area is 106 Å². The van der Waals surface area contributed by atoms with Crippen LogP contribution in [-0.2, 0) is 14.4 Å². The summed E-state index contributed by atoms with van der Waals surface area (Å²) in [6.07, 6.45) is -0.345. The molecule has 1 aliphatic heterocycles. The molecule has 1 rings (SSSR count). The summed E-state index contributed by atoms with van der Waals surface area (Å²) in [6, 6.07) is -0.884. The summed E-state index contributed by atoms with van der Waals surface area (Å²) in [5.41, 5.74) is 0. The van der Waals surface area contributed by atoms with Crippen LogP contribution in [0.25, 0.3) is 0 Å². The van der Waals surface area contributed by atoms with Crippen molar-refractivity contribution >= 4 is 17.8 Å². The molecule has 0 bridgehead atoms. The lowest BCUT2D eigenvalue weighted by Crippen LogP contribution is -2.59. The predicted octanol–water partition coefficient (Wildman–Crippen LogP) is 0.0802. The number of carboxylic acid groups (broad SMARTS) is 1. The van der Waals surface area contributed by atoms with Gasteiger partial charge in [0.1, 0.15) is 6.04 Å². The molecular formula is C12H20N2O4. The molecule has 6 nitrogen and oxygen atoms in total. The first-order chi connectivity index (χ1) is 8.34. The molecule has 0 saturated carbocycles. The largest absolute Gasteiger partial charge is 0.481 e. The summed E-state index contributed by atoms with van der Waals surface area (Å²) in [4.78, 5) is 36.1. The number of nitrogens with zero attached hydrogens (tertiary/aromatic N) is 1. The molecule has 1 fully saturated rings. The molecule has 0 aromatic heterocycles. The Morgan fingerprint density at radius 2 is 2.06 bits per heavy atom. The Morgan fingerprint density at radius 1 is 1.44 bits per heavy atom. The van der Waals surface area contributed by atoms with Crippen molar-refractivity contribution in [3.8, 4) is 0 Å². The zero-order valence-corrected chi connectivity index (χ0v) is 11.0. The minimum atomic E-state index is -1.08. The number of carbonyl (C=O) groups excluding carboxylic acids is 2. The van der Waals surface area contributed by atoms with E-state index < -0.39 is 12.0 Å². The fraction of sp³-hybridized carbons (Fsp3) is 0.750. The predicted molar refractivity (Wildman–Crippen MR) is 64.8 cm³/mol. The van der Waals surface area contributed by atoms with Crippen LogP contribution in [0.3, 0.4) is 0 Å². The lowest BCUT2D eigenvalue weighted by Gasteiger charge is -2.36. The highest BCUT2D eigenvalue weighted by atomic mass is 16.4. The summed E-state index contributed by atoms with van der Waals surface area (Å²) < 4.78 is 0. The number of nitrogens with one attached hydrogen (secondary N) is 1. The Morgan fingerprint density at radius 3 is 2.56 bits per heavy atom. The van der Waals surface area contributed by atoms with E-state index in [0.717, 1.165) is 0 Å². The molecule has 0 aromatic rings. The van der Waals surface area contributed by atoms with Crippen molar-refractivity contribution < 1.29 is 19.5 Å². The van der Waals surface area contributed by atoms with E-state index in [1.165, 1.54) is 4.90 Å². The van der Waals surface area contributed by atoms with Crippen LogP contribution in [0.1, 0.15) is 27.2 Å². The van der Waals surface area contributed by atoms with Crippen molar-refractivity contribution in [2.75, 3.05) is 13.1 Å². The van der Waals surface area contributed by atoms with Crippen molar-refractivity contribution in [1.82, 2.24) is 10.2 Å². The molecule has 0 aliphatic carbocycles. The molecule has 0 aromatic carbocycles. The Kier molecular flexibility index (Phi) is 4.69. The number of piperazine rings is 1. The summed E-state index contributed by atoms with van der Waals surface area (Å²) in [5, 5.41) is 11.4. The van der Waals surface area contributed by atoms with Gasteiger partial charge in [0.25, 0.3) is 0 Å². The van der Waals surface area contributed by atoms with Crippen LogP contribution in [0.4, 0.5) is 0 Å². The molecular weight excluding hydrogens is 236 g/mol. The van der Waals surface area contributed by atoms with Gasteiger partial charge in [-0.3, -0.25) is 14.4 Å². The summed E-state index contributed by atoms with van der Waals surface area (Å²) in [7, 11) is 0. The van der Waals surface area contributed by atoms with Gasteiger partial charge in [0.15, 0.2) is 0 Å². The van der Waals surface area contributed by atoms with Crippen LogP contribution in [0, 0.1) is 11.8 Å². The van der Waals surface area contributed by atoms with Gasteiger partial charge in [-0.15, -0.1) is 0 Å². The molecule has 2 N–H and O–H groups in total. The fourth-order valence-corrected chi connectivity index (χ4v) is 1.89. The van der Waals surface area contributed by atoms with Gasteiger partial charge in [0, 0.05) is 19.0 Å². The summed E-state index contributed by atoms with van der Waals surface area (Å²) >= 11 is 0. The van der Waals surface area contributed by atoms with Gasteiger partial charge in [-0.25, -0.2) is 0 Å². The van der Waals surface area contributed by atoms with Crippen LogP contribution in [-0.4, -0.2) is 46.9 Å². The topological polar surface area (TPSA) is 86.7 Å². The van der Waals surface area contributed by atoms with E-state index in [1.54, 1.807) is 6.92 Å². The number of carbonyl (C=O) groups is 3. The van der Waals surface area contributed by atoms with Gasteiger partial charge in [-0.1, -0.05) is 20.8 Å². The third kappa shape index (κ3) is 3.21. The van der Waals surface area contributed by atoms with Crippen LogP contribution in [0.5, 0.6) is 0 Å². The third-order valence-corrected chi connectivity index (χ3v) is 3.37. The molecule has 2 unspecified atom stereocenters. The zero-order valence-electron chi connectivity index (χ0n) is 11.0. The van der Waals surface area contributed by atoms with E-state index in [9.17, 15) is 14.4 Å². The summed E-state index contributed by atoms with van der Waals surface area (Å²) in [5.74, 6) is -1.66. The molecule has 2 amide bonds. The number of amides is 2. The minimum Gasteiger partial charge on any atom is -0.481 e. The van der Waals surface area contributed by atoms with Crippen LogP contribution in [0.15, 0.2) is 0 Å². The second-order valence-corrected chi connectivity index (χ2v) is 4.97. The van der Waals surface area contributed by atoms with E-state index >= 15 is 0 Å². The number of hydrogen-bond donors (Lipinski definition) is 2. The first-order valence-corrected chi connectivity index (χ1v) is 6.14. The van der Waals surface area contributed by atoms with Crippen molar-refractivity contribution in [3.63, 3.8) is 0 Å². The number of rotatable bonds is 4. The molecule has 0 radical (unpaired) electrons. The molecule has 18 heavy (non-hydrogen) atoms. The molecule has 6 heteroatoms. The number of carboxylic acids is 1. The highest BCUT2D eigenvalue weighted by Gasteiger charge is 2.36. The number of hydrogen-bond acceptors (Lipinski definition) is 3. The highest BCUT2D eigenvalue weighted by molar-refractivity contribution is 5.92. The van der Waals surface area contributed by atoms with Crippen LogP contribution in [0.2, 0.25) is 0 Å². The highest BCUT2D eigenvalue weighted by Crippen LogP contribution is 2.18. The first kappa shape index (κ1) is 14.5. The van der Waals surface area contributed by atoms with Crippen LogP contribution < -0.4 is 5.32 Å². The standard InChI is InChI=1S/C12H20N2O4/c1-7(2)8(3)12(18)14-5-4-13-11(17)9(14)6-10(15)16/h7-9H,4-6H2,1-3H3,(H,13,17)(H,15,16). The molecule has 1 heterocycles.